The van der Waals surface area contributed by atoms with E-state index in [1.54, 1.807) is 6.20 Å². The van der Waals surface area contributed by atoms with Crippen molar-refractivity contribution < 1.29 is 4.79 Å². The fourth-order valence-corrected chi connectivity index (χ4v) is 1.55. The molecular formula is C11H12N2O. The molecule has 2 rings (SSSR count). The standard InChI is InChI=1S/C11H12N2O/c1-11(2,7-14)9-6-13-10-8(9)4-3-5-12-10/h3-7H,1-2H3,(H,12,13). The van der Waals surface area contributed by atoms with Crippen molar-refractivity contribution in [2.45, 2.75) is 19.3 Å². The molecule has 3 heteroatoms. The van der Waals surface area contributed by atoms with Gasteiger partial charge < -0.3 is 9.78 Å². The van der Waals surface area contributed by atoms with Gasteiger partial charge in [-0.15, -0.1) is 0 Å². The monoisotopic (exact) mass is 188 g/mol. The third kappa shape index (κ3) is 1.21. The molecule has 72 valence electrons. The van der Waals surface area contributed by atoms with Gasteiger partial charge in [-0.25, -0.2) is 4.98 Å². The molecule has 0 atom stereocenters. The van der Waals surface area contributed by atoms with Gasteiger partial charge in [-0.1, -0.05) is 0 Å². The van der Waals surface area contributed by atoms with E-state index in [1.165, 1.54) is 0 Å². The van der Waals surface area contributed by atoms with Crippen molar-refractivity contribution in [3.63, 3.8) is 0 Å². The molecule has 2 aromatic rings. The lowest BCUT2D eigenvalue weighted by atomic mass is 9.86. The second-order valence-electron chi connectivity index (χ2n) is 3.94. The number of aldehydes is 1. The fourth-order valence-electron chi connectivity index (χ4n) is 1.55. The summed E-state index contributed by atoms with van der Waals surface area (Å²) in [5.41, 5.74) is 1.37. The van der Waals surface area contributed by atoms with Gasteiger partial charge in [-0.3, -0.25) is 0 Å². The Hall–Kier alpha value is -1.64. The first-order valence-electron chi connectivity index (χ1n) is 4.54. The molecule has 14 heavy (non-hydrogen) atoms. The minimum Gasteiger partial charge on any atom is -0.346 e. The van der Waals surface area contributed by atoms with Gasteiger partial charge in [0.15, 0.2) is 0 Å². The Morgan fingerprint density at radius 2 is 2.29 bits per heavy atom. The summed E-state index contributed by atoms with van der Waals surface area (Å²) in [4.78, 5) is 18.2. The molecule has 0 aliphatic carbocycles. The zero-order valence-corrected chi connectivity index (χ0v) is 8.24. The molecule has 3 nitrogen and oxygen atoms in total. The molecule has 2 aromatic heterocycles. The van der Waals surface area contributed by atoms with Gasteiger partial charge in [0.25, 0.3) is 0 Å². The summed E-state index contributed by atoms with van der Waals surface area (Å²) in [5.74, 6) is 0. The third-order valence-electron chi connectivity index (χ3n) is 2.44. The van der Waals surface area contributed by atoms with Crippen LogP contribution >= 0.6 is 0 Å². The van der Waals surface area contributed by atoms with E-state index in [2.05, 4.69) is 9.97 Å². The number of nitrogens with zero attached hydrogens (tertiary/aromatic N) is 1. The molecule has 0 aliphatic heterocycles. The number of nitrogens with one attached hydrogen (secondary N) is 1. The number of carbonyl (C=O) groups excluding carboxylic acids is 1. The van der Waals surface area contributed by atoms with E-state index in [9.17, 15) is 4.79 Å². The summed E-state index contributed by atoms with van der Waals surface area (Å²) in [6, 6.07) is 3.85. The lowest BCUT2D eigenvalue weighted by molar-refractivity contribution is -0.111. The van der Waals surface area contributed by atoms with E-state index in [4.69, 9.17) is 0 Å². The van der Waals surface area contributed by atoms with Gasteiger partial charge in [-0.2, -0.15) is 0 Å². The van der Waals surface area contributed by atoms with Crippen LogP contribution in [0.15, 0.2) is 24.5 Å². The molecular weight excluding hydrogens is 176 g/mol. The molecule has 1 N–H and O–H groups in total. The Bertz CT molecular complexity index is 471. The predicted molar refractivity (Wildman–Crippen MR) is 55.2 cm³/mol. The van der Waals surface area contributed by atoms with Crippen LogP contribution in [-0.2, 0) is 10.2 Å². The van der Waals surface area contributed by atoms with Gasteiger partial charge in [0.2, 0.25) is 0 Å². The Morgan fingerprint density at radius 3 is 3.00 bits per heavy atom. The second-order valence-corrected chi connectivity index (χ2v) is 3.94. The van der Waals surface area contributed by atoms with Crippen molar-refractivity contribution in [3.05, 3.63) is 30.1 Å². The molecule has 0 unspecified atom stereocenters. The highest BCUT2D eigenvalue weighted by Crippen LogP contribution is 2.27. The predicted octanol–water partition coefficient (Wildman–Crippen LogP) is 2.04. The maximum Gasteiger partial charge on any atom is 0.137 e. The lowest BCUT2D eigenvalue weighted by Crippen LogP contribution is -2.17. The maximum absolute atomic E-state index is 10.9. The van der Waals surface area contributed by atoms with Crippen molar-refractivity contribution in [3.8, 4) is 0 Å². The fraction of sp³-hybridized carbons (Fsp3) is 0.273. The quantitative estimate of drug-likeness (QED) is 0.733. The van der Waals surface area contributed by atoms with E-state index in [1.807, 2.05) is 32.2 Å². The number of carbonyl (C=O) groups is 1. The van der Waals surface area contributed by atoms with Crippen LogP contribution in [-0.4, -0.2) is 16.3 Å². The van der Waals surface area contributed by atoms with Crippen LogP contribution in [0.4, 0.5) is 0 Å². The number of rotatable bonds is 2. The number of aromatic nitrogens is 2. The Morgan fingerprint density at radius 1 is 1.50 bits per heavy atom. The van der Waals surface area contributed by atoms with Crippen LogP contribution in [0.25, 0.3) is 11.0 Å². The topological polar surface area (TPSA) is 45.8 Å². The van der Waals surface area contributed by atoms with Crippen LogP contribution in [0, 0.1) is 0 Å². The van der Waals surface area contributed by atoms with E-state index in [-0.39, 0.29) is 0 Å². The third-order valence-corrected chi connectivity index (χ3v) is 2.44. The van der Waals surface area contributed by atoms with Gasteiger partial charge in [0.05, 0.1) is 0 Å². The molecule has 0 bridgehead atoms. The minimum atomic E-state index is -0.457. The van der Waals surface area contributed by atoms with E-state index in [0.717, 1.165) is 22.9 Å². The number of pyridine rings is 1. The van der Waals surface area contributed by atoms with Crippen molar-refractivity contribution in [1.82, 2.24) is 9.97 Å². The average molecular weight is 188 g/mol. The van der Waals surface area contributed by atoms with Crippen LogP contribution in [0.2, 0.25) is 0 Å². The zero-order valence-electron chi connectivity index (χ0n) is 8.24. The Kier molecular flexibility index (Phi) is 1.88. The SMILES string of the molecule is CC(C)(C=O)c1c[nH]c2ncccc12. The summed E-state index contributed by atoms with van der Waals surface area (Å²) >= 11 is 0. The van der Waals surface area contributed by atoms with Crippen LogP contribution < -0.4 is 0 Å². The first-order chi connectivity index (χ1) is 6.65. The molecule has 0 radical (unpaired) electrons. The Balaban J connectivity index is 2.70. The summed E-state index contributed by atoms with van der Waals surface area (Å²) in [7, 11) is 0. The molecule has 0 aliphatic rings. The van der Waals surface area contributed by atoms with Crippen molar-refractivity contribution in [1.29, 1.82) is 0 Å². The molecule has 0 amide bonds. The number of fused-ring (bicyclic) bond motifs is 1. The summed E-state index contributed by atoms with van der Waals surface area (Å²) in [5, 5.41) is 1.02. The highest BCUT2D eigenvalue weighted by molar-refractivity contribution is 5.85. The largest absolute Gasteiger partial charge is 0.346 e. The first kappa shape index (κ1) is 8.94. The highest BCUT2D eigenvalue weighted by atomic mass is 16.1. The van der Waals surface area contributed by atoms with Crippen molar-refractivity contribution >= 4 is 17.3 Å². The average Bonchev–Trinajstić information content (AvgIpc) is 2.61. The molecule has 0 spiro atoms. The molecule has 0 saturated heterocycles. The molecule has 2 heterocycles. The highest BCUT2D eigenvalue weighted by Gasteiger charge is 2.23. The number of aromatic amines is 1. The smallest absolute Gasteiger partial charge is 0.137 e. The lowest BCUT2D eigenvalue weighted by Gasteiger charge is -2.15. The second kappa shape index (κ2) is 2.94. The van der Waals surface area contributed by atoms with Gasteiger partial charge in [0, 0.05) is 23.2 Å². The van der Waals surface area contributed by atoms with Crippen LogP contribution in [0.5, 0.6) is 0 Å². The van der Waals surface area contributed by atoms with E-state index < -0.39 is 5.41 Å². The van der Waals surface area contributed by atoms with Gasteiger partial charge in [-0.05, 0) is 31.5 Å². The number of H-pyrrole nitrogens is 1. The van der Waals surface area contributed by atoms with Crippen LogP contribution in [0.1, 0.15) is 19.4 Å². The zero-order chi connectivity index (χ0) is 10.2. The summed E-state index contributed by atoms with van der Waals surface area (Å²) in [6.45, 7) is 3.80. The van der Waals surface area contributed by atoms with Gasteiger partial charge in [0.1, 0.15) is 11.9 Å². The van der Waals surface area contributed by atoms with E-state index in [0.29, 0.717) is 0 Å². The number of hydrogen-bond acceptors (Lipinski definition) is 2. The first-order valence-corrected chi connectivity index (χ1v) is 4.54. The van der Waals surface area contributed by atoms with Gasteiger partial charge >= 0.3 is 0 Å². The molecule has 0 aromatic carbocycles. The molecule has 0 fully saturated rings. The summed E-state index contributed by atoms with van der Waals surface area (Å²) in [6.07, 6.45) is 4.55. The Labute approximate surface area is 82.2 Å². The van der Waals surface area contributed by atoms with Crippen molar-refractivity contribution in [2.24, 2.45) is 0 Å². The van der Waals surface area contributed by atoms with Crippen molar-refractivity contribution in [2.75, 3.05) is 0 Å². The van der Waals surface area contributed by atoms with Crippen LogP contribution in [0.3, 0.4) is 0 Å². The normalized spacial score (nSPS) is 11.9. The minimum absolute atomic E-state index is 0.457. The van der Waals surface area contributed by atoms with E-state index >= 15 is 0 Å². The molecule has 0 saturated carbocycles. The summed E-state index contributed by atoms with van der Waals surface area (Å²) < 4.78 is 0. The number of hydrogen-bond donors (Lipinski definition) is 1. The maximum atomic E-state index is 10.9.